The van der Waals surface area contributed by atoms with Gasteiger partial charge < -0.3 is 14.4 Å². The SMILES string of the molecule is CCn1cc(C)c2nc(-c3ccc(C(C)C)nc3N3CCN(C)CC3)c(C)cc21. The Morgan fingerprint density at radius 1 is 1.00 bits per heavy atom. The minimum Gasteiger partial charge on any atom is -0.353 e. The van der Waals surface area contributed by atoms with Crippen LogP contribution in [0, 0.1) is 13.8 Å². The van der Waals surface area contributed by atoms with E-state index in [4.69, 9.17) is 9.97 Å². The van der Waals surface area contributed by atoms with Gasteiger partial charge >= 0.3 is 0 Å². The van der Waals surface area contributed by atoms with Gasteiger partial charge in [0.2, 0.25) is 0 Å². The van der Waals surface area contributed by atoms with E-state index in [1.165, 1.54) is 16.6 Å². The molecule has 1 fully saturated rings. The first-order valence-corrected chi connectivity index (χ1v) is 10.8. The average Bonchev–Trinajstić information content (AvgIpc) is 3.02. The third-order valence-electron chi connectivity index (χ3n) is 6.11. The summed E-state index contributed by atoms with van der Waals surface area (Å²) in [6, 6.07) is 6.70. The van der Waals surface area contributed by atoms with Gasteiger partial charge in [-0.1, -0.05) is 13.8 Å². The molecule has 4 heterocycles. The Hall–Kier alpha value is -2.40. The Morgan fingerprint density at radius 2 is 1.72 bits per heavy atom. The van der Waals surface area contributed by atoms with E-state index in [1.807, 2.05) is 0 Å². The molecule has 29 heavy (non-hydrogen) atoms. The zero-order valence-electron chi connectivity index (χ0n) is 18.7. The van der Waals surface area contributed by atoms with Gasteiger partial charge in [0, 0.05) is 50.2 Å². The van der Waals surface area contributed by atoms with E-state index >= 15 is 0 Å². The molecule has 0 saturated carbocycles. The number of piperazine rings is 1. The predicted octanol–water partition coefficient (Wildman–Crippen LogP) is 4.61. The molecular formula is C24H33N5. The third kappa shape index (κ3) is 3.64. The van der Waals surface area contributed by atoms with Crippen LogP contribution in [0.5, 0.6) is 0 Å². The first-order valence-electron chi connectivity index (χ1n) is 10.8. The molecule has 0 spiro atoms. The highest BCUT2D eigenvalue weighted by Crippen LogP contribution is 2.34. The van der Waals surface area contributed by atoms with E-state index in [0.717, 1.165) is 61.0 Å². The fourth-order valence-electron chi connectivity index (χ4n) is 4.24. The second-order valence-electron chi connectivity index (χ2n) is 8.67. The van der Waals surface area contributed by atoms with Crippen molar-refractivity contribution in [2.75, 3.05) is 38.1 Å². The van der Waals surface area contributed by atoms with Crippen LogP contribution in [0.3, 0.4) is 0 Å². The number of hydrogen-bond acceptors (Lipinski definition) is 4. The summed E-state index contributed by atoms with van der Waals surface area (Å²) in [5.74, 6) is 1.50. The van der Waals surface area contributed by atoms with Gasteiger partial charge in [0.1, 0.15) is 5.82 Å². The van der Waals surface area contributed by atoms with Crippen LogP contribution in [0.4, 0.5) is 5.82 Å². The molecule has 1 aliphatic rings. The largest absolute Gasteiger partial charge is 0.353 e. The van der Waals surface area contributed by atoms with Crippen LogP contribution < -0.4 is 4.90 Å². The topological polar surface area (TPSA) is 37.2 Å². The van der Waals surface area contributed by atoms with E-state index in [2.05, 4.69) is 80.4 Å². The standard InChI is InChI=1S/C24H33N5/c1-7-28-15-18(5)23-21(28)14-17(4)22(26-23)19-8-9-20(16(2)3)25-24(19)29-12-10-27(6)11-13-29/h8-9,14-16H,7,10-13H2,1-6H3. The Balaban J connectivity index is 1.88. The fraction of sp³-hybridized carbons (Fsp3) is 0.500. The first kappa shape index (κ1) is 19.9. The molecule has 3 aromatic heterocycles. The monoisotopic (exact) mass is 391 g/mol. The van der Waals surface area contributed by atoms with Gasteiger partial charge in [-0.05, 0) is 63.1 Å². The van der Waals surface area contributed by atoms with Gasteiger partial charge in [-0.25, -0.2) is 9.97 Å². The van der Waals surface area contributed by atoms with Gasteiger partial charge in [-0.3, -0.25) is 0 Å². The molecule has 5 heteroatoms. The second-order valence-corrected chi connectivity index (χ2v) is 8.67. The van der Waals surface area contributed by atoms with Crippen molar-refractivity contribution in [3.8, 4) is 11.3 Å². The molecule has 4 rings (SSSR count). The summed E-state index contributed by atoms with van der Waals surface area (Å²) in [4.78, 5) is 15.1. The quantitative estimate of drug-likeness (QED) is 0.651. The molecule has 154 valence electrons. The predicted molar refractivity (Wildman–Crippen MR) is 122 cm³/mol. The molecule has 1 saturated heterocycles. The smallest absolute Gasteiger partial charge is 0.138 e. The van der Waals surface area contributed by atoms with Crippen LogP contribution in [0.1, 0.15) is 43.5 Å². The van der Waals surface area contributed by atoms with Gasteiger partial charge in [0.15, 0.2) is 0 Å². The van der Waals surface area contributed by atoms with Gasteiger partial charge in [0.25, 0.3) is 0 Å². The number of anilines is 1. The lowest BCUT2D eigenvalue weighted by molar-refractivity contribution is 0.312. The third-order valence-corrected chi connectivity index (χ3v) is 6.11. The molecule has 0 amide bonds. The molecule has 3 aromatic rings. The van der Waals surface area contributed by atoms with Crippen LogP contribution in [-0.2, 0) is 6.54 Å². The molecule has 0 N–H and O–H groups in total. The zero-order chi connectivity index (χ0) is 20.7. The zero-order valence-corrected chi connectivity index (χ0v) is 18.7. The highest BCUT2D eigenvalue weighted by atomic mass is 15.3. The molecule has 0 aromatic carbocycles. The number of rotatable bonds is 4. The van der Waals surface area contributed by atoms with Crippen molar-refractivity contribution in [2.24, 2.45) is 0 Å². The summed E-state index contributed by atoms with van der Waals surface area (Å²) < 4.78 is 2.29. The van der Waals surface area contributed by atoms with Crippen molar-refractivity contribution in [3.63, 3.8) is 0 Å². The molecule has 1 aliphatic heterocycles. The van der Waals surface area contributed by atoms with E-state index in [9.17, 15) is 0 Å². The van der Waals surface area contributed by atoms with Crippen molar-refractivity contribution in [1.82, 2.24) is 19.4 Å². The van der Waals surface area contributed by atoms with Crippen LogP contribution in [0.15, 0.2) is 24.4 Å². The van der Waals surface area contributed by atoms with Gasteiger partial charge in [-0.15, -0.1) is 0 Å². The average molecular weight is 392 g/mol. The van der Waals surface area contributed by atoms with Crippen LogP contribution in [0.25, 0.3) is 22.3 Å². The number of aromatic nitrogens is 3. The minimum atomic E-state index is 0.410. The Labute approximate surface area is 174 Å². The maximum atomic E-state index is 5.16. The molecule has 5 nitrogen and oxygen atoms in total. The lowest BCUT2D eigenvalue weighted by Gasteiger charge is -2.34. The summed E-state index contributed by atoms with van der Waals surface area (Å²) in [7, 11) is 2.19. The number of fused-ring (bicyclic) bond motifs is 1. The van der Waals surface area contributed by atoms with E-state index in [1.54, 1.807) is 0 Å². The lowest BCUT2D eigenvalue weighted by atomic mass is 10.0. The maximum Gasteiger partial charge on any atom is 0.138 e. The molecular weight excluding hydrogens is 358 g/mol. The Kier molecular flexibility index (Phi) is 5.34. The molecule has 0 radical (unpaired) electrons. The van der Waals surface area contributed by atoms with Crippen molar-refractivity contribution in [2.45, 2.75) is 47.1 Å². The summed E-state index contributed by atoms with van der Waals surface area (Å²) in [6.45, 7) is 16.0. The molecule has 0 atom stereocenters. The minimum absolute atomic E-state index is 0.410. The van der Waals surface area contributed by atoms with Crippen molar-refractivity contribution in [3.05, 3.63) is 41.2 Å². The van der Waals surface area contributed by atoms with Gasteiger partial charge in [0.05, 0.1) is 16.7 Å². The molecule has 0 bridgehead atoms. The van der Waals surface area contributed by atoms with Crippen molar-refractivity contribution in [1.29, 1.82) is 0 Å². The summed E-state index contributed by atoms with van der Waals surface area (Å²) in [5.41, 5.74) is 8.13. The van der Waals surface area contributed by atoms with Crippen LogP contribution in [0.2, 0.25) is 0 Å². The molecule has 0 unspecified atom stereocenters. The summed E-state index contributed by atoms with van der Waals surface area (Å²) in [5, 5.41) is 0. The number of pyridine rings is 2. The van der Waals surface area contributed by atoms with Crippen LogP contribution in [-0.4, -0.2) is 52.7 Å². The normalized spacial score (nSPS) is 15.6. The highest BCUT2D eigenvalue weighted by Gasteiger charge is 2.22. The number of aryl methyl sites for hydroxylation is 3. The Bertz CT molecular complexity index is 1030. The Morgan fingerprint density at radius 3 is 2.38 bits per heavy atom. The number of nitrogens with zero attached hydrogens (tertiary/aromatic N) is 5. The summed E-state index contributed by atoms with van der Waals surface area (Å²) in [6.07, 6.45) is 2.21. The fourth-order valence-corrected chi connectivity index (χ4v) is 4.24. The number of likely N-dealkylation sites (N-methyl/N-ethyl adjacent to an activating group) is 1. The van der Waals surface area contributed by atoms with E-state index in [0.29, 0.717) is 5.92 Å². The highest BCUT2D eigenvalue weighted by molar-refractivity contribution is 5.86. The van der Waals surface area contributed by atoms with E-state index in [-0.39, 0.29) is 0 Å². The van der Waals surface area contributed by atoms with E-state index < -0.39 is 0 Å². The number of hydrogen-bond donors (Lipinski definition) is 0. The maximum absolute atomic E-state index is 5.16. The lowest BCUT2D eigenvalue weighted by Crippen LogP contribution is -2.45. The molecule has 0 aliphatic carbocycles. The van der Waals surface area contributed by atoms with Gasteiger partial charge in [-0.2, -0.15) is 0 Å². The second kappa shape index (κ2) is 7.79. The summed E-state index contributed by atoms with van der Waals surface area (Å²) >= 11 is 0. The van der Waals surface area contributed by atoms with Crippen LogP contribution >= 0.6 is 0 Å². The van der Waals surface area contributed by atoms with Crippen molar-refractivity contribution < 1.29 is 0 Å². The van der Waals surface area contributed by atoms with Crippen molar-refractivity contribution >= 4 is 16.9 Å². The first-order chi connectivity index (χ1) is 13.9.